The normalized spacial score (nSPS) is 15.8. The lowest BCUT2D eigenvalue weighted by molar-refractivity contribution is -0.131. The second-order valence-electron chi connectivity index (χ2n) is 9.93. The summed E-state index contributed by atoms with van der Waals surface area (Å²) in [4.78, 5) is 44.1. The van der Waals surface area contributed by atoms with Crippen molar-refractivity contribution in [2.75, 3.05) is 20.7 Å². The molecule has 0 bridgehead atoms. The zero-order chi connectivity index (χ0) is 28.7. The molecule has 4 aromatic rings. The Bertz CT molecular complexity index is 1790. The van der Waals surface area contributed by atoms with Gasteiger partial charge in [-0.3, -0.25) is 14.6 Å². The Hall–Kier alpha value is -4.42. The van der Waals surface area contributed by atoms with Crippen LogP contribution in [0.2, 0.25) is 5.02 Å². The summed E-state index contributed by atoms with van der Waals surface area (Å²) in [6.07, 6.45) is 5.35. The maximum atomic E-state index is 13.5. The first kappa shape index (κ1) is 26.8. The van der Waals surface area contributed by atoms with Crippen LogP contribution >= 0.6 is 22.9 Å². The highest BCUT2D eigenvalue weighted by Crippen LogP contribution is 2.36. The number of benzene rings is 1. The number of fused-ring (bicyclic) bond motifs is 1. The van der Waals surface area contributed by atoms with Gasteiger partial charge in [0.15, 0.2) is 6.61 Å². The Kier molecular flexibility index (Phi) is 7.10. The first-order valence-corrected chi connectivity index (χ1v) is 14.0. The van der Waals surface area contributed by atoms with E-state index in [1.54, 1.807) is 49.2 Å². The zero-order valence-corrected chi connectivity index (χ0v) is 23.7. The molecule has 41 heavy (non-hydrogen) atoms. The molecule has 208 valence electrons. The highest BCUT2D eigenvalue weighted by atomic mass is 35.5. The minimum absolute atomic E-state index is 0.119. The molecular weight excluding hydrogens is 566 g/mol. The topological polar surface area (TPSA) is 125 Å². The van der Waals surface area contributed by atoms with E-state index in [2.05, 4.69) is 20.5 Å². The molecule has 1 atom stereocenters. The first-order chi connectivity index (χ1) is 19.8. The maximum absolute atomic E-state index is 13.5. The number of tetrazole rings is 1. The number of hydrogen-bond acceptors (Lipinski definition) is 9. The largest absolute Gasteiger partial charge is 0.451 e. The van der Waals surface area contributed by atoms with Crippen molar-refractivity contribution in [2.24, 2.45) is 4.99 Å². The average molecular weight is 590 g/mol. The van der Waals surface area contributed by atoms with Gasteiger partial charge in [-0.25, -0.2) is 4.79 Å². The van der Waals surface area contributed by atoms with Gasteiger partial charge >= 0.3 is 5.97 Å². The van der Waals surface area contributed by atoms with E-state index in [0.717, 1.165) is 52.2 Å². The van der Waals surface area contributed by atoms with Gasteiger partial charge in [0.05, 0.1) is 11.7 Å². The van der Waals surface area contributed by atoms with E-state index >= 15 is 0 Å². The van der Waals surface area contributed by atoms with Crippen LogP contribution < -0.4 is 5.56 Å². The number of halogens is 1. The molecule has 0 saturated carbocycles. The van der Waals surface area contributed by atoms with Crippen LogP contribution in [-0.2, 0) is 16.0 Å². The van der Waals surface area contributed by atoms with Crippen molar-refractivity contribution in [1.29, 1.82) is 0 Å². The fraction of sp³-hybridized carbons (Fsp3) is 0.250. The molecule has 0 radical (unpaired) electrons. The Morgan fingerprint density at radius 1 is 1.17 bits per heavy atom. The Morgan fingerprint density at radius 2 is 2.02 bits per heavy atom. The van der Waals surface area contributed by atoms with Gasteiger partial charge in [-0.05, 0) is 75.7 Å². The van der Waals surface area contributed by atoms with E-state index in [-0.39, 0.29) is 24.1 Å². The number of hydrogen-bond donors (Lipinski definition) is 0. The van der Waals surface area contributed by atoms with Crippen molar-refractivity contribution in [2.45, 2.75) is 25.3 Å². The number of aromatic nitrogens is 5. The van der Waals surface area contributed by atoms with E-state index < -0.39 is 5.97 Å². The number of nitrogens with zero attached hydrogens (tertiary/aromatic N) is 7. The molecule has 1 amide bonds. The van der Waals surface area contributed by atoms with Crippen molar-refractivity contribution in [3.8, 4) is 16.8 Å². The lowest BCUT2D eigenvalue weighted by Gasteiger charge is -2.17. The predicted molar refractivity (Wildman–Crippen MR) is 155 cm³/mol. The van der Waals surface area contributed by atoms with Crippen molar-refractivity contribution >= 4 is 46.1 Å². The molecule has 13 heteroatoms. The SMILES string of the molecule is CN(C)C(=O)COC(=O)c1cc(C2=CN=C([C@@H]3CCc4cc(-c5cc(Cl)ccc5-n5cnnn5)cc(=O)n43)C2)cs1. The summed E-state index contributed by atoms with van der Waals surface area (Å²) in [6, 6.07) is 10.6. The highest BCUT2D eigenvalue weighted by molar-refractivity contribution is 7.12. The van der Waals surface area contributed by atoms with Crippen LogP contribution in [0.3, 0.4) is 0 Å². The lowest BCUT2D eigenvalue weighted by atomic mass is 10.0. The number of allylic oxidation sites excluding steroid dienone is 1. The number of amides is 1. The third kappa shape index (κ3) is 5.23. The molecule has 0 spiro atoms. The molecule has 3 aromatic heterocycles. The maximum Gasteiger partial charge on any atom is 0.348 e. The standard InChI is InChI=1S/C28H24ClN7O4S/c1-34(2)27(38)13-40-28(39)25-9-18(14-41-25)17-8-22(30-12-17)24-6-4-20-7-16(10-26(37)36(20)24)21-11-19(29)3-5-23(21)35-15-31-32-33-35/h3,5,7,9-12,14-15,24H,4,6,8,13H2,1-2H3/t24-/m0/s1. The molecule has 0 unspecified atom stereocenters. The van der Waals surface area contributed by atoms with Gasteiger partial charge < -0.3 is 14.2 Å². The van der Waals surface area contributed by atoms with Crippen molar-refractivity contribution < 1.29 is 14.3 Å². The number of rotatable bonds is 7. The predicted octanol–water partition coefficient (Wildman–Crippen LogP) is 3.82. The van der Waals surface area contributed by atoms with Crippen LogP contribution in [0.25, 0.3) is 22.4 Å². The van der Waals surface area contributed by atoms with E-state index in [9.17, 15) is 14.4 Å². The Labute approximate surface area is 243 Å². The molecule has 0 saturated heterocycles. The highest BCUT2D eigenvalue weighted by Gasteiger charge is 2.31. The van der Waals surface area contributed by atoms with Gasteiger partial charge in [0.1, 0.15) is 11.2 Å². The van der Waals surface area contributed by atoms with Crippen molar-refractivity contribution in [1.82, 2.24) is 29.7 Å². The minimum atomic E-state index is -0.536. The van der Waals surface area contributed by atoms with E-state index in [0.29, 0.717) is 16.3 Å². The quantitative estimate of drug-likeness (QED) is 0.300. The van der Waals surface area contributed by atoms with Crippen molar-refractivity contribution in [3.63, 3.8) is 0 Å². The first-order valence-electron chi connectivity index (χ1n) is 12.8. The molecule has 5 heterocycles. The number of carbonyl (C=O) groups is 2. The van der Waals surface area contributed by atoms with E-state index in [4.69, 9.17) is 16.3 Å². The third-order valence-corrected chi connectivity index (χ3v) is 8.28. The summed E-state index contributed by atoms with van der Waals surface area (Å²) in [5.41, 5.74) is 5.75. The Balaban J connectivity index is 1.19. The fourth-order valence-electron chi connectivity index (χ4n) is 5.04. The van der Waals surface area contributed by atoms with E-state index in [1.807, 2.05) is 22.1 Å². The molecule has 0 aliphatic carbocycles. The summed E-state index contributed by atoms with van der Waals surface area (Å²) < 4.78 is 8.49. The van der Waals surface area contributed by atoms with Gasteiger partial charge in [0.2, 0.25) is 0 Å². The van der Waals surface area contributed by atoms with Crippen LogP contribution in [-0.4, -0.2) is 68.0 Å². The average Bonchev–Trinajstić information content (AvgIpc) is 3.77. The number of esters is 1. The minimum Gasteiger partial charge on any atom is -0.451 e. The number of carbonyl (C=O) groups excluding carboxylic acids is 2. The number of ether oxygens (including phenoxy) is 1. The zero-order valence-electron chi connectivity index (χ0n) is 22.2. The Morgan fingerprint density at radius 3 is 2.80 bits per heavy atom. The van der Waals surface area contributed by atoms with Gasteiger partial charge in [-0.15, -0.1) is 16.4 Å². The fourth-order valence-corrected chi connectivity index (χ4v) is 6.04. The molecule has 1 aromatic carbocycles. The number of aryl methyl sites for hydroxylation is 1. The lowest BCUT2D eigenvalue weighted by Crippen LogP contribution is -2.27. The van der Waals surface area contributed by atoms with E-state index in [1.165, 1.54) is 22.6 Å². The summed E-state index contributed by atoms with van der Waals surface area (Å²) in [7, 11) is 3.21. The number of likely N-dealkylation sites (N-methyl/N-ethyl adjacent to an activating group) is 1. The molecule has 6 rings (SSSR count). The summed E-state index contributed by atoms with van der Waals surface area (Å²) in [6.45, 7) is -0.303. The van der Waals surface area contributed by atoms with Crippen LogP contribution in [0.4, 0.5) is 0 Å². The van der Waals surface area contributed by atoms with Gasteiger partial charge in [0, 0.05) is 54.8 Å². The van der Waals surface area contributed by atoms with Crippen LogP contribution in [0, 0.1) is 0 Å². The van der Waals surface area contributed by atoms with Crippen LogP contribution in [0.15, 0.2) is 64.1 Å². The van der Waals surface area contributed by atoms with Gasteiger partial charge in [0.25, 0.3) is 11.5 Å². The van der Waals surface area contributed by atoms with Gasteiger partial charge in [-0.2, -0.15) is 4.68 Å². The molecule has 2 aliphatic rings. The summed E-state index contributed by atoms with van der Waals surface area (Å²) >= 11 is 7.57. The second kappa shape index (κ2) is 10.9. The number of pyridine rings is 1. The smallest absolute Gasteiger partial charge is 0.348 e. The van der Waals surface area contributed by atoms with Crippen molar-refractivity contribution in [3.05, 3.63) is 85.8 Å². The van der Waals surface area contributed by atoms with Gasteiger partial charge in [-0.1, -0.05) is 11.6 Å². The van der Waals surface area contributed by atoms with Crippen LogP contribution in [0.5, 0.6) is 0 Å². The third-order valence-electron chi connectivity index (χ3n) is 7.14. The molecular formula is C28H24ClN7O4S. The molecule has 2 aliphatic heterocycles. The number of aliphatic imine (C=N–C) groups is 1. The number of thiophene rings is 1. The molecule has 0 N–H and O–H groups in total. The molecule has 11 nitrogen and oxygen atoms in total. The monoisotopic (exact) mass is 589 g/mol. The van der Waals surface area contributed by atoms with Crippen LogP contribution in [0.1, 0.15) is 39.8 Å². The summed E-state index contributed by atoms with van der Waals surface area (Å²) in [5, 5.41) is 13.9. The summed E-state index contributed by atoms with van der Waals surface area (Å²) in [5.74, 6) is -0.822. The molecule has 0 fully saturated rings. The second-order valence-corrected chi connectivity index (χ2v) is 11.3.